The third-order valence-electron chi connectivity index (χ3n) is 1.43. The smallest absolute Gasteiger partial charge is 0.182 e. The molecule has 1 fully saturated rings. The normalized spacial score (nSPS) is 22.9. The molecule has 1 saturated heterocycles. The SMILES string of the molecule is S=C1NNC(c2ccco2)N1. The van der Waals surface area contributed by atoms with E-state index in [9.17, 15) is 0 Å². The first-order valence-corrected chi connectivity index (χ1v) is 3.62. The van der Waals surface area contributed by atoms with E-state index in [1.807, 2.05) is 12.1 Å². The molecule has 5 heteroatoms. The summed E-state index contributed by atoms with van der Waals surface area (Å²) >= 11 is 4.84. The second kappa shape index (κ2) is 2.52. The number of thiocarbonyl (C=S) groups is 1. The molecular weight excluding hydrogens is 162 g/mol. The predicted molar refractivity (Wildman–Crippen MR) is 43.5 cm³/mol. The zero-order chi connectivity index (χ0) is 7.68. The number of rotatable bonds is 1. The highest BCUT2D eigenvalue weighted by Gasteiger charge is 2.19. The number of nitrogens with one attached hydrogen (secondary N) is 3. The maximum atomic E-state index is 5.14. The van der Waals surface area contributed by atoms with Crippen molar-refractivity contribution >= 4 is 17.3 Å². The first-order valence-electron chi connectivity index (χ1n) is 3.22. The third-order valence-corrected chi connectivity index (χ3v) is 1.65. The maximum Gasteiger partial charge on any atom is 0.182 e. The van der Waals surface area contributed by atoms with Gasteiger partial charge in [0.05, 0.1) is 6.26 Å². The molecular formula is C6H7N3OS. The van der Waals surface area contributed by atoms with Crippen molar-refractivity contribution in [3.05, 3.63) is 24.2 Å². The molecule has 1 aromatic rings. The van der Waals surface area contributed by atoms with Crippen molar-refractivity contribution < 1.29 is 4.42 Å². The van der Waals surface area contributed by atoms with Crippen molar-refractivity contribution in [2.75, 3.05) is 0 Å². The van der Waals surface area contributed by atoms with Gasteiger partial charge in [-0.3, -0.25) is 5.43 Å². The summed E-state index contributed by atoms with van der Waals surface area (Å²) < 4.78 is 5.14. The summed E-state index contributed by atoms with van der Waals surface area (Å²) in [6, 6.07) is 3.71. The summed E-state index contributed by atoms with van der Waals surface area (Å²) in [4.78, 5) is 0. The van der Waals surface area contributed by atoms with E-state index in [4.69, 9.17) is 16.6 Å². The minimum absolute atomic E-state index is 0.0440. The lowest BCUT2D eigenvalue weighted by molar-refractivity contribution is 0.416. The van der Waals surface area contributed by atoms with Gasteiger partial charge in [-0.2, -0.15) is 0 Å². The van der Waals surface area contributed by atoms with Crippen LogP contribution in [0.2, 0.25) is 0 Å². The van der Waals surface area contributed by atoms with Gasteiger partial charge in [0.25, 0.3) is 0 Å². The molecule has 0 spiro atoms. The molecule has 0 bridgehead atoms. The second-order valence-electron chi connectivity index (χ2n) is 2.19. The molecule has 1 aliphatic heterocycles. The Hall–Kier alpha value is -1.07. The highest BCUT2D eigenvalue weighted by Crippen LogP contribution is 2.11. The van der Waals surface area contributed by atoms with E-state index >= 15 is 0 Å². The fourth-order valence-electron chi connectivity index (χ4n) is 0.939. The van der Waals surface area contributed by atoms with Crippen molar-refractivity contribution in [2.45, 2.75) is 6.17 Å². The van der Waals surface area contributed by atoms with E-state index in [-0.39, 0.29) is 6.17 Å². The standard InChI is InChI=1S/C6H7N3OS/c11-6-7-5(8-9-6)4-2-1-3-10-4/h1-3,5,8H,(H2,7,9,11). The Kier molecular flexibility index (Phi) is 1.52. The Labute approximate surface area is 68.9 Å². The second-order valence-corrected chi connectivity index (χ2v) is 2.60. The average molecular weight is 169 g/mol. The molecule has 0 amide bonds. The van der Waals surface area contributed by atoms with Gasteiger partial charge < -0.3 is 9.73 Å². The van der Waals surface area contributed by atoms with Crippen LogP contribution in [-0.4, -0.2) is 5.11 Å². The van der Waals surface area contributed by atoms with Gasteiger partial charge >= 0.3 is 0 Å². The zero-order valence-corrected chi connectivity index (χ0v) is 6.44. The highest BCUT2D eigenvalue weighted by molar-refractivity contribution is 7.80. The summed E-state index contributed by atoms with van der Waals surface area (Å²) in [5.41, 5.74) is 5.68. The van der Waals surface area contributed by atoms with Crippen LogP contribution in [0.1, 0.15) is 11.9 Å². The lowest BCUT2D eigenvalue weighted by Crippen LogP contribution is -2.26. The highest BCUT2D eigenvalue weighted by atomic mass is 32.1. The summed E-state index contributed by atoms with van der Waals surface area (Å²) in [6.07, 6.45) is 1.58. The molecule has 58 valence electrons. The molecule has 2 heterocycles. The monoisotopic (exact) mass is 169 g/mol. The Morgan fingerprint density at radius 3 is 3.00 bits per heavy atom. The summed E-state index contributed by atoms with van der Waals surface area (Å²) in [6.45, 7) is 0. The maximum absolute atomic E-state index is 5.14. The van der Waals surface area contributed by atoms with Crippen LogP contribution in [0.4, 0.5) is 0 Å². The van der Waals surface area contributed by atoms with Crippen LogP contribution in [0, 0.1) is 0 Å². The zero-order valence-electron chi connectivity index (χ0n) is 5.63. The molecule has 0 aliphatic carbocycles. The molecule has 1 unspecified atom stereocenters. The van der Waals surface area contributed by atoms with Crippen molar-refractivity contribution in [3.8, 4) is 0 Å². The van der Waals surface area contributed by atoms with Gasteiger partial charge in [-0.05, 0) is 24.4 Å². The Bertz CT molecular complexity index is 259. The molecule has 0 radical (unpaired) electrons. The summed E-state index contributed by atoms with van der Waals surface area (Å²) in [7, 11) is 0. The minimum atomic E-state index is -0.0440. The van der Waals surface area contributed by atoms with E-state index in [2.05, 4.69) is 16.2 Å². The Balaban J connectivity index is 2.13. The molecule has 1 aliphatic rings. The van der Waals surface area contributed by atoms with Crippen LogP contribution in [0.25, 0.3) is 0 Å². The van der Waals surface area contributed by atoms with Crippen molar-refractivity contribution in [1.29, 1.82) is 0 Å². The fourth-order valence-corrected chi connectivity index (χ4v) is 1.12. The van der Waals surface area contributed by atoms with Gasteiger partial charge in [-0.25, -0.2) is 5.43 Å². The Morgan fingerprint density at radius 1 is 1.55 bits per heavy atom. The van der Waals surface area contributed by atoms with Crippen LogP contribution in [0.3, 0.4) is 0 Å². The van der Waals surface area contributed by atoms with Gasteiger partial charge in [0.15, 0.2) is 11.3 Å². The summed E-state index contributed by atoms with van der Waals surface area (Å²) in [5.74, 6) is 0.817. The Morgan fingerprint density at radius 2 is 2.45 bits per heavy atom. The first-order chi connectivity index (χ1) is 5.36. The average Bonchev–Trinajstić information content (AvgIpc) is 2.55. The van der Waals surface area contributed by atoms with E-state index in [0.29, 0.717) is 5.11 Å². The lowest BCUT2D eigenvalue weighted by Gasteiger charge is -2.03. The lowest BCUT2D eigenvalue weighted by atomic mass is 10.4. The molecule has 0 saturated carbocycles. The number of furan rings is 1. The fraction of sp³-hybridized carbons (Fsp3) is 0.167. The van der Waals surface area contributed by atoms with E-state index in [1.165, 1.54) is 0 Å². The predicted octanol–water partition coefficient (Wildman–Crippen LogP) is 0.260. The minimum Gasteiger partial charge on any atom is -0.466 e. The number of hydrazine groups is 1. The van der Waals surface area contributed by atoms with E-state index in [1.54, 1.807) is 6.26 Å². The topological polar surface area (TPSA) is 49.2 Å². The van der Waals surface area contributed by atoms with Gasteiger partial charge in [-0.15, -0.1) is 0 Å². The van der Waals surface area contributed by atoms with Gasteiger partial charge in [0.2, 0.25) is 0 Å². The van der Waals surface area contributed by atoms with Crippen molar-refractivity contribution in [3.63, 3.8) is 0 Å². The van der Waals surface area contributed by atoms with E-state index < -0.39 is 0 Å². The van der Waals surface area contributed by atoms with Crippen LogP contribution in [0.5, 0.6) is 0 Å². The quantitative estimate of drug-likeness (QED) is 0.526. The van der Waals surface area contributed by atoms with Crippen LogP contribution in [-0.2, 0) is 0 Å². The molecule has 2 rings (SSSR count). The van der Waals surface area contributed by atoms with Gasteiger partial charge in [0.1, 0.15) is 5.76 Å². The molecule has 1 aromatic heterocycles. The van der Waals surface area contributed by atoms with Crippen molar-refractivity contribution in [1.82, 2.24) is 16.2 Å². The van der Waals surface area contributed by atoms with E-state index in [0.717, 1.165) is 5.76 Å². The van der Waals surface area contributed by atoms with Crippen LogP contribution >= 0.6 is 12.2 Å². The van der Waals surface area contributed by atoms with Gasteiger partial charge in [-0.1, -0.05) is 0 Å². The molecule has 0 aromatic carbocycles. The van der Waals surface area contributed by atoms with Crippen LogP contribution < -0.4 is 16.2 Å². The first kappa shape index (κ1) is 6.63. The van der Waals surface area contributed by atoms with Crippen LogP contribution in [0.15, 0.2) is 22.8 Å². The molecule has 4 nitrogen and oxygen atoms in total. The largest absolute Gasteiger partial charge is 0.466 e. The molecule has 11 heavy (non-hydrogen) atoms. The number of hydrogen-bond acceptors (Lipinski definition) is 3. The summed E-state index contributed by atoms with van der Waals surface area (Å²) in [5, 5.41) is 3.56. The van der Waals surface area contributed by atoms with Gasteiger partial charge in [0, 0.05) is 0 Å². The molecule has 3 N–H and O–H groups in total. The third kappa shape index (κ3) is 1.20. The number of hydrogen-bond donors (Lipinski definition) is 3. The van der Waals surface area contributed by atoms with Crippen molar-refractivity contribution in [2.24, 2.45) is 0 Å². The molecule has 1 atom stereocenters.